The van der Waals surface area contributed by atoms with Crippen molar-refractivity contribution in [3.8, 4) is 0 Å². The summed E-state index contributed by atoms with van der Waals surface area (Å²) in [4.78, 5) is 16.9. The fourth-order valence-electron chi connectivity index (χ4n) is 4.14. The van der Waals surface area contributed by atoms with Gasteiger partial charge in [0.1, 0.15) is 5.82 Å². The van der Waals surface area contributed by atoms with Crippen LogP contribution in [0.4, 0.5) is 4.39 Å². The quantitative estimate of drug-likeness (QED) is 0.805. The van der Waals surface area contributed by atoms with Crippen molar-refractivity contribution in [3.05, 3.63) is 52.6 Å². The van der Waals surface area contributed by atoms with Crippen LogP contribution in [0.1, 0.15) is 30.9 Å². The number of fused-ring (bicyclic) bond motifs is 1. The standard InChI is InChI=1S/C19H22ClFN4O/c1-2-24-11-13(9-22-24)10-23-6-5-17-18(23)8-19(26)25(17)12-14-3-4-15(21)7-16(14)20/h3-4,7,9,11,17-18H,2,5-6,8,10,12H2,1H3/t17-,18-/m0/s1. The Morgan fingerprint density at radius 3 is 2.88 bits per heavy atom. The second-order valence-electron chi connectivity index (χ2n) is 7.06. The van der Waals surface area contributed by atoms with E-state index in [2.05, 4.69) is 23.1 Å². The number of carbonyl (C=O) groups is 1. The molecular formula is C19H22ClFN4O. The molecule has 5 nitrogen and oxygen atoms in total. The Balaban J connectivity index is 1.46. The zero-order valence-corrected chi connectivity index (χ0v) is 15.5. The Morgan fingerprint density at radius 1 is 1.31 bits per heavy atom. The minimum Gasteiger partial charge on any atom is -0.334 e. The van der Waals surface area contributed by atoms with Crippen LogP contribution in [0.15, 0.2) is 30.6 Å². The second kappa shape index (κ2) is 7.00. The van der Waals surface area contributed by atoms with Crippen LogP contribution in [0.5, 0.6) is 0 Å². The van der Waals surface area contributed by atoms with E-state index in [-0.39, 0.29) is 23.8 Å². The van der Waals surface area contributed by atoms with Crippen molar-refractivity contribution in [1.29, 1.82) is 0 Å². The molecule has 0 spiro atoms. The molecule has 2 atom stereocenters. The van der Waals surface area contributed by atoms with E-state index in [0.29, 0.717) is 18.0 Å². The van der Waals surface area contributed by atoms with Crippen molar-refractivity contribution in [3.63, 3.8) is 0 Å². The molecular weight excluding hydrogens is 355 g/mol. The number of halogens is 2. The van der Waals surface area contributed by atoms with Gasteiger partial charge in [0.25, 0.3) is 0 Å². The second-order valence-corrected chi connectivity index (χ2v) is 7.47. The maximum atomic E-state index is 13.3. The van der Waals surface area contributed by atoms with Gasteiger partial charge in [-0.1, -0.05) is 17.7 Å². The number of hydrogen-bond donors (Lipinski definition) is 0. The smallest absolute Gasteiger partial charge is 0.224 e. The van der Waals surface area contributed by atoms with Gasteiger partial charge < -0.3 is 4.90 Å². The van der Waals surface area contributed by atoms with E-state index in [1.165, 1.54) is 17.7 Å². The third-order valence-corrected chi connectivity index (χ3v) is 5.83. The normalized spacial score (nSPS) is 23.0. The molecule has 1 aromatic carbocycles. The van der Waals surface area contributed by atoms with E-state index in [1.807, 2.05) is 15.8 Å². The van der Waals surface area contributed by atoms with Gasteiger partial charge in [-0.15, -0.1) is 0 Å². The van der Waals surface area contributed by atoms with Crippen molar-refractivity contribution in [2.45, 2.75) is 51.5 Å². The fraction of sp³-hybridized carbons (Fsp3) is 0.474. The summed E-state index contributed by atoms with van der Waals surface area (Å²) in [5, 5.41) is 4.71. The first-order chi connectivity index (χ1) is 12.5. The van der Waals surface area contributed by atoms with Gasteiger partial charge in [0.15, 0.2) is 0 Å². The van der Waals surface area contributed by atoms with E-state index in [4.69, 9.17) is 11.6 Å². The highest BCUT2D eigenvalue weighted by Crippen LogP contribution is 2.35. The lowest BCUT2D eigenvalue weighted by atomic mass is 10.1. The van der Waals surface area contributed by atoms with Crippen molar-refractivity contribution in [1.82, 2.24) is 19.6 Å². The molecule has 26 heavy (non-hydrogen) atoms. The van der Waals surface area contributed by atoms with Crippen LogP contribution >= 0.6 is 11.6 Å². The molecule has 4 rings (SSSR count). The van der Waals surface area contributed by atoms with Gasteiger partial charge in [-0.05, 0) is 31.0 Å². The van der Waals surface area contributed by atoms with Crippen LogP contribution in [-0.4, -0.2) is 44.1 Å². The van der Waals surface area contributed by atoms with Crippen molar-refractivity contribution in [2.75, 3.05) is 6.54 Å². The van der Waals surface area contributed by atoms with Crippen LogP contribution in [0.25, 0.3) is 0 Å². The molecule has 2 saturated heterocycles. The highest BCUT2D eigenvalue weighted by atomic mass is 35.5. The molecule has 7 heteroatoms. The summed E-state index contributed by atoms with van der Waals surface area (Å²) < 4.78 is 15.2. The number of hydrogen-bond acceptors (Lipinski definition) is 3. The molecule has 0 saturated carbocycles. The van der Waals surface area contributed by atoms with Crippen LogP contribution in [-0.2, 0) is 24.4 Å². The molecule has 1 amide bonds. The largest absolute Gasteiger partial charge is 0.334 e. The fourth-order valence-corrected chi connectivity index (χ4v) is 4.37. The SMILES string of the molecule is CCn1cc(CN2CC[C@H]3[C@@H]2CC(=O)N3Cc2ccc(F)cc2Cl)cn1. The molecule has 1 aromatic heterocycles. The Hall–Kier alpha value is -1.92. The summed E-state index contributed by atoms with van der Waals surface area (Å²) in [6.07, 6.45) is 5.46. The lowest BCUT2D eigenvalue weighted by Crippen LogP contribution is -2.36. The Bertz CT molecular complexity index is 824. The summed E-state index contributed by atoms with van der Waals surface area (Å²) >= 11 is 6.15. The number of carbonyl (C=O) groups excluding carboxylic acids is 1. The summed E-state index contributed by atoms with van der Waals surface area (Å²) in [5.41, 5.74) is 1.98. The highest BCUT2D eigenvalue weighted by molar-refractivity contribution is 6.31. The molecule has 3 heterocycles. The summed E-state index contributed by atoms with van der Waals surface area (Å²) in [5.74, 6) is -0.210. The summed E-state index contributed by atoms with van der Waals surface area (Å²) in [6, 6.07) is 4.80. The van der Waals surface area contributed by atoms with Gasteiger partial charge >= 0.3 is 0 Å². The zero-order valence-electron chi connectivity index (χ0n) is 14.7. The summed E-state index contributed by atoms with van der Waals surface area (Å²) in [7, 11) is 0. The Labute approximate surface area is 157 Å². The minimum atomic E-state index is -0.357. The highest BCUT2D eigenvalue weighted by Gasteiger charge is 2.46. The molecule has 0 radical (unpaired) electrons. The maximum absolute atomic E-state index is 13.3. The van der Waals surface area contributed by atoms with E-state index < -0.39 is 0 Å². The number of nitrogens with zero attached hydrogens (tertiary/aromatic N) is 4. The molecule has 0 aliphatic carbocycles. The first kappa shape index (κ1) is 17.5. The lowest BCUT2D eigenvalue weighted by Gasteiger charge is -2.25. The number of benzene rings is 1. The van der Waals surface area contributed by atoms with Gasteiger partial charge in [-0.2, -0.15) is 5.10 Å². The molecule has 0 N–H and O–H groups in total. The van der Waals surface area contributed by atoms with E-state index in [9.17, 15) is 9.18 Å². The van der Waals surface area contributed by atoms with Crippen LogP contribution in [0.3, 0.4) is 0 Å². The van der Waals surface area contributed by atoms with E-state index in [1.54, 1.807) is 6.07 Å². The molecule has 2 aliphatic rings. The van der Waals surface area contributed by atoms with Gasteiger partial charge in [-0.25, -0.2) is 4.39 Å². The van der Waals surface area contributed by atoms with Gasteiger partial charge in [-0.3, -0.25) is 14.4 Å². The van der Waals surface area contributed by atoms with E-state index >= 15 is 0 Å². The molecule has 0 unspecified atom stereocenters. The maximum Gasteiger partial charge on any atom is 0.224 e. The monoisotopic (exact) mass is 376 g/mol. The number of amides is 1. The number of likely N-dealkylation sites (tertiary alicyclic amines) is 2. The molecule has 2 aromatic rings. The van der Waals surface area contributed by atoms with Crippen LogP contribution < -0.4 is 0 Å². The van der Waals surface area contributed by atoms with Crippen molar-refractivity contribution in [2.24, 2.45) is 0 Å². The average molecular weight is 377 g/mol. The van der Waals surface area contributed by atoms with E-state index in [0.717, 1.165) is 31.6 Å². The van der Waals surface area contributed by atoms with Gasteiger partial charge in [0.2, 0.25) is 5.91 Å². The van der Waals surface area contributed by atoms with Crippen LogP contribution in [0.2, 0.25) is 5.02 Å². The molecule has 0 bridgehead atoms. The topological polar surface area (TPSA) is 41.4 Å². The number of aryl methyl sites for hydroxylation is 1. The van der Waals surface area contributed by atoms with Gasteiger partial charge in [0.05, 0.1) is 6.20 Å². The van der Waals surface area contributed by atoms with Crippen molar-refractivity contribution < 1.29 is 9.18 Å². The predicted molar refractivity (Wildman–Crippen MR) is 97.1 cm³/mol. The first-order valence-electron chi connectivity index (χ1n) is 9.04. The minimum absolute atomic E-state index is 0.148. The molecule has 2 fully saturated rings. The Morgan fingerprint density at radius 2 is 2.15 bits per heavy atom. The first-order valence-corrected chi connectivity index (χ1v) is 9.41. The summed E-state index contributed by atoms with van der Waals surface area (Å²) in [6.45, 7) is 5.15. The third kappa shape index (κ3) is 3.23. The third-order valence-electron chi connectivity index (χ3n) is 5.48. The average Bonchev–Trinajstić information content (AvgIpc) is 3.29. The Kier molecular flexibility index (Phi) is 4.71. The number of rotatable bonds is 5. The van der Waals surface area contributed by atoms with Crippen LogP contribution in [0, 0.1) is 5.82 Å². The zero-order chi connectivity index (χ0) is 18.3. The lowest BCUT2D eigenvalue weighted by molar-refractivity contribution is -0.129. The van der Waals surface area contributed by atoms with Crippen molar-refractivity contribution >= 4 is 17.5 Å². The van der Waals surface area contributed by atoms with Gasteiger partial charge in [0, 0.05) is 61.5 Å². The predicted octanol–water partition coefficient (Wildman–Crippen LogP) is 3.07. The number of aromatic nitrogens is 2. The molecule has 2 aliphatic heterocycles. The molecule has 138 valence electrons.